The number of halogens is 3. The van der Waals surface area contributed by atoms with E-state index in [0.717, 1.165) is 70.4 Å². The minimum atomic E-state index is -4.48. The average molecular weight is 426 g/mol. The van der Waals surface area contributed by atoms with Crippen LogP contribution in [0.1, 0.15) is 50.5 Å². The molecule has 4 rings (SSSR count). The Hall–Kier alpha value is -1.80. The summed E-state index contributed by atoms with van der Waals surface area (Å²) in [6, 6.07) is 4.73. The molecule has 8 heteroatoms. The van der Waals surface area contributed by atoms with E-state index in [-0.39, 0.29) is 23.3 Å². The lowest BCUT2D eigenvalue weighted by molar-refractivity contribution is -0.138. The number of benzene rings is 1. The van der Waals surface area contributed by atoms with E-state index >= 15 is 0 Å². The number of carbonyl (C=O) groups excluding carboxylic acids is 1. The van der Waals surface area contributed by atoms with E-state index in [1.54, 1.807) is 0 Å². The van der Waals surface area contributed by atoms with Crippen LogP contribution in [0, 0.1) is 5.92 Å². The monoisotopic (exact) mass is 426 g/mol. The van der Waals surface area contributed by atoms with Crippen LogP contribution in [-0.2, 0) is 15.7 Å². The van der Waals surface area contributed by atoms with Crippen LogP contribution < -0.4 is 10.5 Å². The van der Waals surface area contributed by atoms with Crippen LogP contribution in [0.4, 0.5) is 13.2 Å². The lowest BCUT2D eigenvalue weighted by Gasteiger charge is -2.47. The minimum Gasteiger partial charge on any atom is -0.480 e. The van der Waals surface area contributed by atoms with Gasteiger partial charge in [0.25, 0.3) is 5.91 Å². The standard InChI is InChI=1S/C22H29F3N2O3/c23-22(24,25)15-5-3-6-16(13-15)30-19(20(26)28)17-7-9-21(8-4-12-29-21)14-18(17)27-10-1-2-11-27/h3,5-6,13,17-19H,1-2,4,7-12,14H2,(H2,26,28). The van der Waals surface area contributed by atoms with Gasteiger partial charge in [0.2, 0.25) is 0 Å². The number of ether oxygens (including phenoxy) is 2. The Labute approximate surface area is 174 Å². The predicted octanol–water partition coefficient (Wildman–Crippen LogP) is 3.75. The third-order valence-corrected chi connectivity index (χ3v) is 6.90. The number of nitrogens with two attached hydrogens (primary N) is 1. The highest BCUT2D eigenvalue weighted by atomic mass is 19.4. The summed E-state index contributed by atoms with van der Waals surface area (Å²) < 4.78 is 51.2. The SMILES string of the molecule is NC(=O)C(Oc1cccc(C(F)(F)F)c1)C1CCC2(CCCO2)CC1N1CCCC1. The number of likely N-dealkylation sites (tertiary alicyclic amines) is 1. The summed E-state index contributed by atoms with van der Waals surface area (Å²) in [6.45, 7) is 2.66. The Balaban J connectivity index is 1.58. The van der Waals surface area contributed by atoms with Crippen LogP contribution in [-0.4, -0.2) is 48.3 Å². The maximum atomic E-state index is 13.1. The van der Waals surface area contributed by atoms with Gasteiger partial charge >= 0.3 is 6.18 Å². The number of nitrogens with zero attached hydrogens (tertiary/aromatic N) is 1. The number of primary amides is 1. The molecule has 4 atom stereocenters. The van der Waals surface area contributed by atoms with Gasteiger partial charge in [-0.05, 0) is 76.2 Å². The van der Waals surface area contributed by atoms with Gasteiger partial charge in [-0.1, -0.05) is 6.07 Å². The van der Waals surface area contributed by atoms with Crippen molar-refractivity contribution in [2.45, 2.75) is 68.9 Å². The summed E-state index contributed by atoms with van der Waals surface area (Å²) in [5.74, 6) is -0.791. The number of hydrogen-bond acceptors (Lipinski definition) is 4. The highest BCUT2D eigenvalue weighted by molar-refractivity contribution is 5.79. The van der Waals surface area contributed by atoms with Crippen LogP contribution >= 0.6 is 0 Å². The molecule has 2 heterocycles. The van der Waals surface area contributed by atoms with Crippen LogP contribution in [0.15, 0.2) is 24.3 Å². The van der Waals surface area contributed by atoms with Gasteiger partial charge in [-0.2, -0.15) is 13.2 Å². The molecule has 1 amide bonds. The van der Waals surface area contributed by atoms with Crippen molar-refractivity contribution in [3.8, 4) is 5.75 Å². The fraction of sp³-hybridized carbons (Fsp3) is 0.682. The topological polar surface area (TPSA) is 64.8 Å². The van der Waals surface area contributed by atoms with E-state index in [1.165, 1.54) is 12.1 Å². The lowest BCUT2D eigenvalue weighted by atomic mass is 9.71. The molecule has 0 aromatic heterocycles. The first-order chi connectivity index (χ1) is 14.3. The quantitative estimate of drug-likeness (QED) is 0.779. The first kappa shape index (κ1) is 21.4. The Kier molecular flexibility index (Phi) is 5.99. The average Bonchev–Trinajstić information content (AvgIpc) is 3.38. The molecule has 4 unspecified atom stereocenters. The van der Waals surface area contributed by atoms with Crippen molar-refractivity contribution in [2.24, 2.45) is 11.7 Å². The Bertz CT molecular complexity index is 758. The number of rotatable bonds is 5. The van der Waals surface area contributed by atoms with Gasteiger partial charge < -0.3 is 15.2 Å². The second kappa shape index (κ2) is 8.38. The molecule has 1 aromatic rings. The number of amides is 1. The highest BCUT2D eigenvalue weighted by Gasteiger charge is 2.49. The van der Waals surface area contributed by atoms with Crippen molar-refractivity contribution in [2.75, 3.05) is 19.7 Å². The van der Waals surface area contributed by atoms with Crippen molar-refractivity contribution >= 4 is 5.91 Å². The summed E-state index contributed by atoms with van der Waals surface area (Å²) in [4.78, 5) is 14.8. The Morgan fingerprint density at radius 3 is 2.63 bits per heavy atom. The Morgan fingerprint density at radius 2 is 2.00 bits per heavy atom. The zero-order chi connectivity index (χ0) is 21.4. The van der Waals surface area contributed by atoms with E-state index in [9.17, 15) is 18.0 Å². The second-order valence-electron chi connectivity index (χ2n) is 8.82. The van der Waals surface area contributed by atoms with Crippen LogP contribution in [0.3, 0.4) is 0 Å². The third-order valence-electron chi connectivity index (χ3n) is 6.90. The van der Waals surface area contributed by atoms with Crippen LogP contribution in [0.5, 0.6) is 5.75 Å². The fourth-order valence-corrected chi connectivity index (χ4v) is 5.45. The number of hydrogen-bond donors (Lipinski definition) is 1. The summed E-state index contributed by atoms with van der Waals surface area (Å²) >= 11 is 0. The smallest absolute Gasteiger partial charge is 0.416 e. The van der Waals surface area contributed by atoms with Crippen molar-refractivity contribution in [3.63, 3.8) is 0 Å². The maximum absolute atomic E-state index is 13.1. The van der Waals surface area contributed by atoms with Gasteiger partial charge in [0.05, 0.1) is 11.2 Å². The molecule has 166 valence electrons. The normalized spacial score (nSPS) is 31.2. The van der Waals surface area contributed by atoms with Crippen molar-refractivity contribution in [3.05, 3.63) is 29.8 Å². The van der Waals surface area contributed by atoms with Gasteiger partial charge in [0.1, 0.15) is 5.75 Å². The highest BCUT2D eigenvalue weighted by Crippen LogP contribution is 2.45. The molecule has 1 aliphatic carbocycles. The molecular formula is C22H29F3N2O3. The van der Waals surface area contributed by atoms with Gasteiger partial charge in [-0.3, -0.25) is 9.69 Å². The first-order valence-corrected chi connectivity index (χ1v) is 10.8. The van der Waals surface area contributed by atoms with E-state index in [2.05, 4.69) is 4.90 Å². The molecule has 2 aliphatic heterocycles. The molecule has 2 saturated heterocycles. The van der Waals surface area contributed by atoms with Crippen molar-refractivity contribution < 1.29 is 27.4 Å². The molecule has 5 nitrogen and oxygen atoms in total. The molecule has 2 N–H and O–H groups in total. The maximum Gasteiger partial charge on any atom is 0.416 e. The van der Waals surface area contributed by atoms with E-state index in [0.29, 0.717) is 6.42 Å². The molecule has 3 fully saturated rings. The summed E-state index contributed by atoms with van der Waals surface area (Å²) in [6.07, 6.45) is 1.14. The lowest BCUT2D eigenvalue weighted by Crippen LogP contribution is -2.56. The second-order valence-corrected chi connectivity index (χ2v) is 8.82. The number of alkyl halides is 3. The molecule has 3 aliphatic rings. The van der Waals surface area contributed by atoms with E-state index in [4.69, 9.17) is 15.2 Å². The van der Waals surface area contributed by atoms with E-state index in [1.807, 2.05) is 0 Å². The molecular weight excluding hydrogens is 397 g/mol. The van der Waals surface area contributed by atoms with Crippen molar-refractivity contribution in [1.82, 2.24) is 4.90 Å². The zero-order valence-electron chi connectivity index (χ0n) is 17.0. The largest absolute Gasteiger partial charge is 0.480 e. The van der Waals surface area contributed by atoms with Gasteiger partial charge in [-0.15, -0.1) is 0 Å². The van der Waals surface area contributed by atoms with Gasteiger partial charge in [0, 0.05) is 18.6 Å². The predicted molar refractivity (Wildman–Crippen MR) is 105 cm³/mol. The third kappa shape index (κ3) is 4.44. The van der Waals surface area contributed by atoms with Crippen LogP contribution in [0.2, 0.25) is 0 Å². The minimum absolute atomic E-state index is 0.0196. The molecule has 30 heavy (non-hydrogen) atoms. The Morgan fingerprint density at radius 1 is 1.23 bits per heavy atom. The van der Waals surface area contributed by atoms with Gasteiger partial charge in [0.15, 0.2) is 6.10 Å². The first-order valence-electron chi connectivity index (χ1n) is 10.8. The number of carbonyl (C=O) groups is 1. The van der Waals surface area contributed by atoms with Crippen LogP contribution in [0.25, 0.3) is 0 Å². The fourth-order valence-electron chi connectivity index (χ4n) is 5.45. The van der Waals surface area contributed by atoms with Crippen molar-refractivity contribution in [1.29, 1.82) is 0 Å². The van der Waals surface area contributed by atoms with Gasteiger partial charge in [-0.25, -0.2) is 0 Å². The molecule has 0 radical (unpaired) electrons. The summed E-state index contributed by atoms with van der Waals surface area (Å²) in [5.41, 5.74) is 4.75. The zero-order valence-corrected chi connectivity index (χ0v) is 17.0. The molecule has 1 spiro atoms. The summed E-state index contributed by atoms with van der Waals surface area (Å²) in [7, 11) is 0. The molecule has 1 saturated carbocycles. The van der Waals surface area contributed by atoms with E-state index < -0.39 is 23.8 Å². The molecule has 0 bridgehead atoms. The molecule has 1 aromatic carbocycles. The summed E-state index contributed by atoms with van der Waals surface area (Å²) in [5, 5.41) is 0.